The number of fused-ring (bicyclic) bond motifs is 3. The molecule has 0 bridgehead atoms. The highest BCUT2D eigenvalue weighted by molar-refractivity contribution is 5.96. The highest BCUT2D eigenvalue weighted by atomic mass is 19.1. The molecular weight excluding hydrogens is 345 g/mol. The number of urea groups is 1. The predicted molar refractivity (Wildman–Crippen MR) is 101 cm³/mol. The van der Waals surface area contributed by atoms with Crippen LogP contribution in [0, 0.1) is 11.7 Å². The number of hydrogen-bond donors (Lipinski definition) is 2. The fourth-order valence-corrected chi connectivity index (χ4v) is 3.99. The van der Waals surface area contributed by atoms with Gasteiger partial charge in [0.25, 0.3) is 5.91 Å². The number of rotatable bonds is 4. The molecule has 2 N–H and O–H groups in total. The second-order valence-corrected chi connectivity index (χ2v) is 7.26. The van der Waals surface area contributed by atoms with Crippen molar-refractivity contribution >= 4 is 17.6 Å². The van der Waals surface area contributed by atoms with Gasteiger partial charge >= 0.3 is 6.03 Å². The maximum Gasteiger partial charge on any atom is 0.319 e. The Bertz CT molecular complexity index is 914. The smallest absolute Gasteiger partial charge is 0.319 e. The number of carbonyl (C=O) groups excluding carboxylic acids is 2. The fourth-order valence-electron chi connectivity index (χ4n) is 3.99. The summed E-state index contributed by atoms with van der Waals surface area (Å²) in [5, 5.41) is 5.81. The van der Waals surface area contributed by atoms with Crippen LogP contribution >= 0.6 is 0 Å². The van der Waals surface area contributed by atoms with Gasteiger partial charge in [0.15, 0.2) is 0 Å². The van der Waals surface area contributed by atoms with Crippen LogP contribution < -0.4 is 10.6 Å². The Balaban J connectivity index is 1.37. The Hall–Kier alpha value is -2.89. The Morgan fingerprint density at radius 3 is 2.81 bits per heavy atom. The summed E-state index contributed by atoms with van der Waals surface area (Å²) in [5.74, 6) is 0.332. The Labute approximate surface area is 157 Å². The molecule has 5 nitrogen and oxygen atoms in total. The summed E-state index contributed by atoms with van der Waals surface area (Å²) < 4.78 is 13.3. The first-order valence-electron chi connectivity index (χ1n) is 9.19. The summed E-state index contributed by atoms with van der Waals surface area (Å²) in [7, 11) is 1.74. The number of halogens is 1. The van der Waals surface area contributed by atoms with Gasteiger partial charge in [0, 0.05) is 36.8 Å². The van der Waals surface area contributed by atoms with E-state index >= 15 is 0 Å². The van der Waals surface area contributed by atoms with Crippen LogP contribution in [0.2, 0.25) is 0 Å². The van der Waals surface area contributed by atoms with Crippen molar-refractivity contribution in [3.05, 3.63) is 65.0 Å². The van der Waals surface area contributed by atoms with Crippen molar-refractivity contribution in [1.82, 2.24) is 10.2 Å². The molecule has 3 amide bonds. The molecule has 0 aromatic heterocycles. The molecule has 6 heteroatoms. The number of carbonyl (C=O) groups is 2. The number of hydrogen-bond acceptors (Lipinski definition) is 2. The van der Waals surface area contributed by atoms with E-state index in [1.165, 1.54) is 6.07 Å². The van der Waals surface area contributed by atoms with Crippen LogP contribution in [0.1, 0.15) is 34.3 Å². The lowest BCUT2D eigenvalue weighted by atomic mass is 10.0. The molecule has 0 spiro atoms. The zero-order valence-corrected chi connectivity index (χ0v) is 15.3. The van der Waals surface area contributed by atoms with Gasteiger partial charge in [-0.2, -0.15) is 0 Å². The van der Waals surface area contributed by atoms with Gasteiger partial charge in [-0.05, 0) is 60.7 Å². The van der Waals surface area contributed by atoms with Crippen molar-refractivity contribution in [2.24, 2.45) is 5.92 Å². The number of nitrogens with one attached hydrogen (secondary N) is 2. The van der Waals surface area contributed by atoms with Crippen LogP contribution in [0.3, 0.4) is 0 Å². The molecule has 2 aliphatic rings. The number of benzene rings is 2. The Morgan fingerprint density at radius 1 is 1.22 bits per heavy atom. The van der Waals surface area contributed by atoms with Crippen LogP contribution in [0.25, 0.3) is 0 Å². The van der Waals surface area contributed by atoms with Crippen molar-refractivity contribution in [3.63, 3.8) is 0 Å². The van der Waals surface area contributed by atoms with Gasteiger partial charge in [0.2, 0.25) is 0 Å². The maximum absolute atomic E-state index is 13.3. The van der Waals surface area contributed by atoms with E-state index in [0.29, 0.717) is 23.7 Å². The van der Waals surface area contributed by atoms with Crippen LogP contribution in [-0.2, 0) is 6.42 Å². The first-order chi connectivity index (χ1) is 13.0. The fraction of sp³-hybridized carbons (Fsp3) is 0.333. The second-order valence-electron chi connectivity index (χ2n) is 7.26. The van der Waals surface area contributed by atoms with E-state index in [9.17, 15) is 14.0 Å². The van der Waals surface area contributed by atoms with Crippen LogP contribution in [0.5, 0.6) is 0 Å². The van der Waals surface area contributed by atoms with Gasteiger partial charge < -0.3 is 15.5 Å². The van der Waals surface area contributed by atoms with Gasteiger partial charge in [0.05, 0.1) is 0 Å². The van der Waals surface area contributed by atoms with Crippen molar-refractivity contribution in [2.75, 3.05) is 18.9 Å². The second kappa shape index (κ2) is 6.68. The lowest BCUT2D eigenvalue weighted by Crippen LogP contribution is -2.33. The third kappa shape index (κ3) is 3.27. The molecule has 140 valence electrons. The quantitative estimate of drug-likeness (QED) is 0.870. The summed E-state index contributed by atoms with van der Waals surface area (Å²) in [6.07, 6.45) is 0.802. The average molecular weight is 367 g/mol. The average Bonchev–Trinajstić information content (AvgIpc) is 3.16. The van der Waals surface area contributed by atoms with E-state index in [1.54, 1.807) is 42.3 Å². The minimum absolute atomic E-state index is 0.0814. The molecule has 27 heavy (non-hydrogen) atoms. The van der Waals surface area contributed by atoms with Gasteiger partial charge in [-0.15, -0.1) is 0 Å². The van der Waals surface area contributed by atoms with Crippen molar-refractivity contribution in [2.45, 2.75) is 25.3 Å². The first kappa shape index (κ1) is 17.5. The molecule has 2 aliphatic carbocycles. The van der Waals surface area contributed by atoms with Crippen molar-refractivity contribution in [3.8, 4) is 0 Å². The van der Waals surface area contributed by atoms with E-state index in [2.05, 4.69) is 10.6 Å². The summed E-state index contributed by atoms with van der Waals surface area (Å²) in [6, 6.07) is 11.6. The van der Waals surface area contributed by atoms with E-state index in [4.69, 9.17) is 0 Å². The molecule has 0 heterocycles. The molecule has 2 aromatic rings. The summed E-state index contributed by atoms with van der Waals surface area (Å²) in [4.78, 5) is 26.2. The molecule has 1 fully saturated rings. The molecular formula is C21H22FN3O2. The number of amides is 3. The maximum atomic E-state index is 13.3. The number of nitrogens with zero attached hydrogens (tertiary/aromatic N) is 1. The van der Waals surface area contributed by atoms with E-state index in [0.717, 1.165) is 17.5 Å². The third-order valence-corrected chi connectivity index (χ3v) is 5.57. The van der Waals surface area contributed by atoms with Crippen LogP contribution in [0.4, 0.5) is 14.9 Å². The van der Waals surface area contributed by atoms with Gasteiger partial charge in [0.1, 0.15) is 5.82 Å². The predicted octanol–water partition coefficient (Wildman–Crippen LogP) is 3.38. The zero-order chi connectivity index (χ0) is 19.1. The van der Waals surface area contributed by atoms with Gasteiger partial charge in [-0.3, -0.25) is 4.79 Å². The third-order valence-electron chi connectivity index (χ3n) is 5.57. The standard InChI is InChI=1S/C21H22FN3O2/c1-3-25(2)20(26)12-5-4-6-15(10-12)23-21(27)24-19-17-11-13-9-14(22)7-8-16(13)18(17)19/h4-10,17-19H,3,11H2,1-2H3,(H2,23,24,27). The van der Waals surface area contributed by atoms with E-state index < -0.39 is 0 Å². The highest BCUT2D eigenvalue weighted by Gasteiger charge is 2.56. The molecule has 0 aliphatic heterocycles. The molecule has 3 unspecified atom stereocenters. The number of anilines is 1. The molecule has 3 atom stereocenters. The largest absolute Gasteiger partial charge is 0.342 e. The minimum atomic E-state index is -0.286. The zero-order valence-electron chi connectivity index (χ0n) is 15.3. The normalized spacial score (nSPS) is 21.8. The lowest BCUT2D eigenvalue weighted by molar-refractivity contribution is 0.0802. The van der Waals surface area contributed by atoms with Crippen molar-refractivity contribution < 1.29 is 14.0 Å². The molecule has 2 aromatic carbocycles. The summed E-state index contributed by atoms with van der Waals surface area (Å²) >= 11 is 0. The van der Waals surface area contributed by atoms with Gasteiger partial charge in [-0.1, -0.05) is 12.1 Å². The Kier molecular flexibility index (Phi) is 4.34. The van der Waals surface area contributed by atoms with Crippen LogP contribution in [0.15, 0.2) is 42.5 Å². The monoisotopic (exact) mass is 367 g/mol. The van der Waals surface area contributed by atoms with E-state index in [1.807, 2.05) is 13.0 Å². The SMILES string of the molecule is CCN(C)C(=O)c1cccc(NC(=O)NC2C3Cc4cc(F)ccc4C32)c1. The van der Waals surface area contributed by atoms with E-state index in [-0.39, 0.29) is 29.7 Å². The molecule has 0 radical (unpaired) electrons. The molecule has 0 saturated heterocycles. The lowest BCUT2D eigenvalue weighted by Gasteiger charge is -2.15. The topological polar surface area (TPSA) is 61.4 Å². The highest BCUT2D eigenvalue weighted by Crippen LogP contribution is 2.56. The summed E-state index contributed by atoms with van der Waals surface area (Å²) in [5.41, 5.74) is 3.31. The molecule has 4 rings (SSSR count). The van der Waals surface area contributed by atoms with Crippen molar-refractivity contribution in [1.29, 1.82) is 0 Å². The minimum Gasteiger partial charge on any atom is -0.342 e. The molecule has 1 saturated carbocycles. The van der Waals surface area contributed by atoms with Gasteiger partial charge in [-0.25, -0.2) is 9.18 Å². The Morgan fingerprint density at radius 2 is 2.04 bits per heavy atom. The first-order valence-corrected chi connectivity index (χ1v) is 9.19. The van der Waals surface area contributed by atoms with Crippen LogP contribution in [-0.4, -0.2) is 36.5 Å². The summed E-state index contributed by atoms with van der Waals surface area (Å²) in [6.45, 7) is 2.53.